The molecule has 0 saturated carbocycles. The fourth-order valence-electron chi connectivity index (χ4n) is 1.65. The summed E-state index contributed by atoms with van der Waals surface area (Å²) in [5.74, 6) is 0.802. The second-order valence-corrected chi connectivity index (χ2v) is 4.27. The van der Waals surface area contributed by atoms with Crippen LogP contribution in [0.1, 0.15) is 5.82 Å². The molecule has 0 aliphatic carbocycles. The lowest BCUT2D eigenvalue weighted by molar-refractivity contribution is 0.178. The Balaban J connectivity index is 2.51. The molecule has 0 aliphatic heterocycles. The van der Waals surface area contributed by atoms with E-state index in [0.717, 1.165) is 0 Å². The highest BCUT2D eigenvalue weighted by Gasteiger charge is 2.10. The van der Waals surface area contributed by atoms with E-state index in [2.05, 4.69) is 15.3 Å². The number of ether oxygens (including phenoxy) is 1. The van der Waals surface area contributed by atoms with Crippen LogP contribution in [0.2, 0.25) is 5.02 Å². The number of anilines is 1. The van der Waals surface area contributed by atoms with Gasteiger partial charge in [-0.3, -0.25) is 0 Å². The van der Waals surface area contributed by atoms with E-state index in [1.165, 1.54) is 12.1 Å². The van der Waals surface area contributed by atoms with Crippen molar-refractivity contribution in [3.8, 4) is 11.3 Å². The molecule has 2 aromatic rings. The molecule has 0 unspecified atom stereocenters. The Bertz CT molecular complexity index is 592. The highest BCUT2D eigenvalue weighted by atomic mass is 35.5. The predicted molar refractivity (Wildman–Crippen MR) is 72.7 cm³/mol. The lowest BCUT2D eigenvalue weighted by atomic mass is 10.1. The molecule has 0 atom stereocenters. The number of benzene rings is 1. The molecule has 19 heavy (non-hydrogen) atoms. The predicted octanol–water partition coefficient (Wildman–Crippen LogP) is 3.12. The van der Waals surface area contributed by atoms with Crippen LogP contribution in [0.3, 0.4) is 0 Å². The van der Waals surface area contributed by atoms with Gasteiger partial charge in [-0.05, 0) is 18.2 Å². The van der Waals surface area contributed by atoms with Gasteiger partial charge in [0.2, 0.25) is 0 Å². The molecular formula is C13H13ClFN3O. The molecule has 0 bridgehead atoms. The number of hydrogen-bond acceptors (Lipinski definition) is 4. The van der Waals surface area contributed by atoms with Gasteiger partial charge in [-0.15, -0.1) is 0 Å². The number of nitrogens with one attached hydrogen (secondary N) is 1. The smallest absolute Gasteiger partial charge is 0.157 e. The van der Waals surface area contributed by atoms with Crippen LogP contribution in [0, 0.1) is 5.82 Å². The second-order valence-electron chi connectivity index (χ2n) is 3.86. The van der Waals surface area contributed by atoms with Gasteiger partial charge in [-0.1, -0.05) is 11.6 Å². The first-order valence-electron chi connectivity index (χ1n) is 5.64. The van der Waals surface area contributed by atoms with Crippen molar-refractivity contribution in [1.82, 2.24) is 9.97 Å². The van der Waals surface area contributed by atoms with Crippen molar-refractivity contribution in [2.75, 3.05) is 19.5 Å². The maximum atomic E-state index is 13.1. The van der Waals surface area contributed by atoms with Crippen molar-refractivity contribution < 1.29 is 9.13 Å². The average molecular weight is 282 g/mol. The van der Waals surface area contributed by atoms with E-state index in [-0.39, 0.29) is 5.82 Å². The van der Waals surface area contributed by atoms with Gasteiger partial charge in [-0.2, -0.15) is 0 Å². The molecule has 1 N–H and O–H groups in total. The van der Waals surface area contributed by atoms with Gasteiger partial charge >= 0.3 is 0 Å². The van der Waals surface area contributed by atoms with Crippen molar-refractivity contribution >= 4 is 17.4 Å². The van der Waals surface area contributed by atoms with Gasteiger partial charge in [0.05, 0.1) is 10.7 Å². The molecule has 0 spiro atoms. The quantitative estimate of drug-likeness (QED) is 0.935. The fourth-order valence-corrected chi connectivity index (χ4v) is 1.92. The lowest BCUT2D eigenvalue weighted by Gasteiger charge is -2.09. The summed E-state index contributed by atoms with van der Waals surface area (Å²) >= 11 is 6.04. The van der Waals surface area contributed by atoms with Crippen LogP contribution in [0.4, 0.5) is 10.2 Å². The molecule has 100 valence electrons. The number of methoxy groups -OCH3 is 1. The third kappa shape index (κ3) is 3.19. The van der Waals surface area contributed by atoms with Gasteiger partial charge in [0.1, 0.15) is 18.2 Å². The minimum absolute atomic E-state index is 0.293. The monoisotopic (exact) mass is 281 g/mol. The summed E-state index contributed by atoms with van der Waals surface area (Å²) in [7, 11) is 3.33. The molecule has 4 nitrogen and oxygen atoms in total. The molecule has 6 heteroatoms. The summed E-state index contributed by atoms with van der Waals surface area (Å²) in [4.78, 5) is 8.60. The molecule has 0 fully saturated rings. The maximum absolute atomic E-state index is 13.1. The molecule has 1 aromatic heterocycles. The Morgan fingerprint density at radius 1 is 1.32 bits per heavy atom. The molecule has 2 rings (SSSR count). The minimum atomic E-state index is -0.381. The summed E-state index contributed by atoms with van der Waals surface area (Å²) in [5, 5.41) is 3.25. The molecule has 0 amide bonds. The van der Waals surface area contributed by atoms with Gasteiger partial charge in [-0.25, -0.2) is 14.4 Å². The van der Waals surface area contributed by atoms with Crippen molar-refractivity contribution in [3.63, 3.8) is 0 Å². The normalized spacial score (nSPS) is 10.5. The first-order chi connectivity index (χ1) is 9.13. The SMILES string of the molecule is CNc1cc(-c2ccc(F)cc2Cl)nc(COC)n1. The zero-order valence-corrected chi connectivity index (χ0v) is 11.3. The Morgan fingerprint density at radius 2 is 2.11 bits per heavy atom. The van der Waals surface area contributed by atoms with Gasteiger partial charge in [0.15, 0.2) is 5.82 Å². The van der Waals surface area contributed by atoms with Crippen LogP contribution in [0.5, 0.6) is 0 Å². The zero-order chi connectivity index (χ0) is 13.8. The van der Waals surface area contributed by atoms with E-state index in [1.807, 2.05) is 0 Å². The van der Waals surface area contributed by atoms with Crippen molar-refractivity contribution in [2.45, 2.75) is 6.61 Å². The average Bonchev–Trinajstić information content (AvgIpc) is 2.38. The highest BCUT2D eigenvalue weighted by molar-refractivity contribution is 6.33. The number of aromatic nitrogens is 2. The minimum Gasteiger partial charge on any atom is -0.377 e. The second kappa shape index (κ2) is 5.95. The summed E-state index contributed by atoms with van der Waals surface area (Å²) in [5.41, 5.74) is 1.27. The van der Waals surface area contributed by atoms with Crippen LogP contribution in [0.25, 0.3) is 11.3 Å². The van der Waals surface area contributed by atoms with E-state index in [9.17, 15) is 4.39 Å². The summed E-state index contributed by atoms with van der Waals surface area (Å²) in [6, 6.07) is 5.95. The van der Waals surface area contributed by atoms with Crippen LogP contribution in [-0.2, 0) is 11.3 Å². The Morgan fingerprint density at radius 3 is 2.74 bits per heavy atom. The summed E-state index contributed by atoms with van der Waals surface area (Å²) in [6.45, 7) is 0.293. The molecule has 1 aromatic carbocycles. The van der Waals surface area contributed by atoms with Gasteiger partial charge in [0.25, 0.3) is 0 Å². The Hall–Kier alpha value is -1.72. The van der Waals surface area contributed by atoms with E-state index in [1.54, 1.807) is 26.3 Å². The zero-order valence-electron chi connectivity index (χ0n) is 10.6. The van der Waals surface area contributed by atoms with E-state index < -0.39 is 0 Å². The fraction of sp³-hybridized carbons (Fsp3) is 0.231. The topological polar surface area (TPSA) is 47.0 Å². The molecule has 0 radical (unpaired) electrons. The lowest BCUT2D eigenvalue weighted by Crippen LogP contribution is -2.03. The summed E-state index contributed by atoms with van der Waals surface area (Å²) < 4.78 is 18.1. The first-order valence-corrected chi connectivity index (χ1v) is 6.02. The molecule has 0 saturated heterocycles. The van der Waals surface area contributed by atoms with Gasteiger partial charge < -0.3 is 10.1 Å². The van der Waals surface area contributed by atoms with Crippen LogP contribution >= 0.6 is 11.6 Å². The van der Waals surface area contributed by atoms with Crippen LogP contribution in [-0.4, -0.2) is 24.1 Å². The third-order valence-corrected chi connectivity index (χ3v) is 2.82. The Kier molecular flexibility index (Phi) is 4.29. The van der Waals surface area contributed by atoms with E-state index in [0.29, 0.717) is 34.5 Å². The van der Waals surface area contributed by atoms with E-state index >= 15 is 0 Å². The number of halogens is 2. The van der Waals surface area contributed by atoms with Gasteiger partial charge in [0, 0.05) is 25.8 Å². The molecule has 0 aliphatic rings. The van der Waals surface area contributed by atoms with Crippen LogP contribution < -0.4 is 5.32 Å². The van der Waals surface area contributed by atoms with E-state index in [4.69, 9.17) is 16.3 Å². The maximum Gasteiger partial charge on any atom is 0.157 e. The number of nitrogens with zero attached hydrogens (tertiary/aromatic N) is 2. The number of hydrogen-bond donors (Lipinski definition) is 1. The van der Waals surface area contributed by atoms with Crippen molar-refractivity contribution in [1.29, 1.82) is 0 Å². The molecule has 1 heterocycles. The van der Waals surface area contributed by atoms with Crippen LogP contribution in [0.15, 0.2) is 24.3 Å². The largest absolute Gasteiger partial charge is 0.377 e. The molecular weight excluding hydrogens is 269 g/mol. The third-order valence-electron chi connectivity index (χ3n) is 2.51. The van der Waals surface area contributed by atoms with Crippen molar-refractivity contribution in [2.24, 2.45) is 0 Å². The highest BCUT2D eigenvalue weighted by Crippen LogP contribution is 2.28. The Labute approximate surface area is 115 Å². The van der Waals surface area contributed by atoms with Crippen molar-refractivity contribution in [3.05, 3.63) is 40.9 Å². The first kappa shape index (κ1) is 13.7. The standard InChI is InChI=1S/C13H13ClFN3O/c1-16-12-6-11(17-13(18-12)7-19-2)9-4-3-8(15)5-10(9)14/h3-6H,7H2,1-2H3,(H,16,17,18). The summed E-state index contributed by atoms with van der Waals surface area (Å²) in [6.07, 6.45) is 0. The number of rotatable bonds is 4.